The van der Waals surface area contributed by atoms with E-state index in [9.17, 15) is 9.59 Å². The first-order valence-corrected chi connectivity index (χ1v) is 11.7. The van der Waals surface area contributed by atoms with Crippen molar-refractivity contribution >= 4 is 17.8 Å². The number of carbonyl (C=O) groups excluding carboxylic acids is 2. The van der Waals surface area contributed by atoms with Crippen molar-refractivity contribution in [3.05, 3.63) is 108 Å². The molecule has 0 bridgehead atoms. The summed E-state index contributed by atoms with van der Waals surface area (Å²) in [4.78, 5) is 28.8. The van der Waals surface area contributed by atoms with Crippen LogP contribution in [-0.4, -0.2) is 35.3 Å². The molecule has 7 nitrogen and oxygen atoms in total. The van der Waals surface area contributed by atoms with E-state index >= 15 is 0 Å². The molecular formula is C28H33N5O2. The Hall–Kier alpha value is -4.13. The van der Waals surface area contributed by atoms with Gasteiger partial charge < -0.3 is 21.7 Å². The van der Waals surface area contributed by atoms with E-state index in [1.165, 1.54) is 0 Å². The maximum absolute atomic E-state index is 14.4. The molecule has 0 unspecified atom stereocenters. The molecule has 2 amide bonds. The number of hydrogen-bond acceptors (Lipinski definition) is 3. The van der Waals surface area contributed by atoms with Crippen molar-refractivity contribution in [1.82, 2.24) is 10.2 Å². The van der Waals surface area contributed by atoms with Crippen molar-refractivity contribution in [2.75, 3.05) is 6.54 Å². The van der Waals surface area contributed by atoms with Gasteiger partial charge in [0.2, 0.25) is 11.8 Å². The molecule has 7 heteroatoms. The Kier molecular flexibility index (Phi) is 9.01. The number of amides is 2. The summed E-state index contributed by atoms with van der Waals surface area (Å²) in [6.07, 6.45) is 0.856. The lowest BCUT2D eigenvalue weighted by Crippen LogP contribution is -2.51. The molecule has 0 saturated carbocycles. The molecule has 35 heavy (non-hydrogen) atoms. The van der Waals surface area contributed by atoms with Crippen LogP contribution in [0.1, 0.15) is 48.4 Å². The minimum absolute atomic E-state index is 0.139. The van der Waals surface area contributed by atoms with Crippen molar-refractivity contribution in [2.24, 2.45) is 11.5 Å². The largest absolute Gasteiger partial charge is 0.370 e. The molecule has 0 aliphatic heterocycles. The van der Waals surface area contributed by atoms with Gasteiger partial charge in [-0.15, -0.1) is 0 Å². The molecule has 0 radical (unpaired) electrons. The van der Waals surface area contributed by atoms with Crippen molar-refractivity contribution in [3.63, 3.8) is 0 Å². The molecular weight excluding hydrogens is 438 g/mol. The van der Waals surface area contributed by atoms with Crippen LogP contribution in [0.25, 0.3) is 0 Å². The van der Waals surface area contributed by atoms with Crippen LogP contribution in [0, 0.1) is 5.41 Å². The molecule has 3 aromatic rings. The van der Waals surface area contributed by atoms with Gasteiger partial charge >= 0.3 is 0 Å². The molecule has 182 valence electrons. The van der Waals surface area contributed by atoms with Crippen molar-refractivity contribution in [1.29, 1.82) is 5.41 Å². The average molecular weight is 472 g/mol. The summed E-state index contributed by atoms with van der Waals surface area (Å²) in [6.45, 7) is 2.33. The van der Waals surface area contributed by atoms with Crippen LogP contribution in [0.5, 0.6) is 0 Å². The fourth-order valence-electron chi connectivity index (χ4n) is 4.36. The number of guanidine groups is 1. The third-order valence-corrected chi connectivity index (χ3v) is 6.10. The minimum atomic E-state index is -0.832. The van der Waals surface area contributed by atoms with E-state index in [-0.39, 0.29) is 11.9 Å². The van der Waals surface area contributed by atoms with Gasteiger partial charge in [-0.25, -0.2) is 0 Å². The zero-order chi connectivity index (χ0) is 25.2. The van der Waals surface area contributed by atoms with Crippen LogP contribution < -0.4 is 16.8 Å². The number of nitrogens with two attached hydrogens (primary N) is 2. The molecule has 3 aromatic carbocycles. The summed E-state index contributed by atoms with van der Waals surface area (Å²) in [5.41, 5.74) is 13.9. The maximum Gasteiger partial charge on any atom is 0.240 e. The quantitative estimate of drug-likeness (QED) is 0.194. The number of primary amides is 1. The lowest BCUT2D eigenvalue weighted by Gasteiger charge is -2.38. The minimum Gasteiger partial charge on any atom is -0.370 e. The Balaban J connectivity index is 2.05. The molecule has 0 saturated heterocycles. The number of carbonyl (C=O) groups is 2. The number of hydrogen-bond donors (Lipinski definition) is 4. The molecule has 0 fully saturated rings. The van der Waals surface area contributed by atoms with Gasteiger partial charge in [0, 0.05) is 6.54 Å². The molecule has 3 rings (SSSR count). The standard InChI is InChI=1S/C28H33N5O2/c1-20(21-12-5-2-6-13-21)33(24(26(29)34)18-11-19-32-28(30)31)27(35)25(22-14-7-3-8-15-22)23-16-9-4-10-17-23/h2-10,12-17,20,24-25H,11,18-19H2,1H3,(H2,29,34)(H4,30,31,32)/t20-,24-/m1/s1. The molecule has 0 aliphatic rings. The second-order valence-electron chi connectivity index (χ2n) is 8.49. The van der Waals surface area contributed by atoms with Gasteiger partial charge in [0.25, 0.3) is 0 Å². The predicted molar refractivity (Wildman–Crippen MR) is 139 cm³/mol. The van der Waals surface area contributed by atoms with E-state index < -0.39 is 23.9 Å². The Labute approximate surface area is 206 Å². The smallest absolute Gasteiger partial charge is 0.240 e. The highest BCUT2D eigenvalue weighted by Crippen LogP contribution is 2.33. The van der Waals surface area contributed by atoms with Crippen LogP contribution in [0.4, 0.5) is 0 Å². The Morgan fingerprint density at radius 3 is 1.71 bits per heavy atom. The van der Waals surface area contributed by atoms with E-state index in [0.717, 1.165) is 16.7 Å². The monoisotopic (exact) mass is 471 g/mol. The zero-order valence-corrected chi connectivity index (χ0v) is 19.9. The summed E-state index contributed by atoms with van der Waals surface area (Å²) in [7, 11) is 0. The predicted octanol–water partition coefficient (Wildman–Crippen LogP) is 3.53. The average Bonchev–Trinajstić information content (AvgIpc) is 2.87. The third kappa shape index (κ3) is 6.69. The molecule has 0 aliphatic carbocycles. The Bertz CT molecular complexity index is 1070. The first-order chi connectivity index (χ1) is 16.9. The van der Waals surface area contributed by atoms with E-state index in [4.69, 9.17) is 16.9 Å². The lowest BCUT2D eigenvalue weighted by molar-refractivity contribution is -0.142. The lowest BCUT2D eigenvalue weighted by atomic mass is 9.88. The Morgan fingerprint density at radius 2 is 1.29 bits per heavy atom. The highest BCUT2D eigenvalue weighted by Gasteiger charge is 2.37. The topological polar surface area (TPSA) is 125 Å². The maximum atomic E-state index is 14.4. The zero-order valence-electron chi connectivity index (χ0n) is 19.9. The first kappa shape index (κ1) is 25.5. The van der Waals surface area contributed by atoms with Gasteiger partial charge in [-0.05, 0) is 36.5 Å². The van der Waals surface area contributed by atoms with E-state index in [1.807, 2.05) is 97.9 Å². The van der Waals surface area contributed by atoms with Crippen LogP contribution in [-0.2, 0) is 9.59 Å². The fraction of sp³-hybridized carbons (Fsp3) is 0.250. The molecule has 2 atom stereocenters. The SMILES string of the molecule is C[C@H](c1ccccc1)N(C(=O)C(c1ccccc1)c1ccccc1)[C@H](CCCNC(=N)N)C(N)=O. The van der Waals surface area contributed by atoms with Gasteiger partial charge in [-0.3, -0.25) is 15.0 Å². The van der Waals surface area contributed by atoms with Crippen LogP contribution >= 0.6 is 0 Å². The number of nitrogens with one attached hydrogen (secondary N) is 2. The van der Waals surface area contributed by atoms with Crippen LogP contribution in [0.15, 0.2) is 91.0 Å². The normalized spacial score (nSPS) is 12.5. The summed E-state index contributed by atoms with van der Waals surface area (Å²) in [5.74, 6) is -1.49. The van der Waals surface area contributed by atoms with Crippen LogP contribution in [0.2, 0.25) is 0 Å². The number of nitrogens with zero attached hydrogens (tertiary/aromatic N) is 1. The van der Waals surface area contributed by atoms with Crippen molar-refractivity contribution < 1.29 is 9.59 Å². The van der Waals surface area contributed by atoms with Gasteiger partial charge in [0.05, 0.1) is 12.0 Å². The molecule has 0 spiro atoms. The molecule has 0 heterocycles. The summed E-state index contributed by atoms with van der Waals surface area (Å²) < 4.78 is 0. The van der Waals surface area contributed by atoms with Crippen molar-refractivity contribution in [2.45, 2.75) is 37.8 Å². The molecule has 6 N–H and O–H groups in total. The third-order valence-electron chi connectivity index (χ3n) is 6.10. The number of benzene rings is 3. The van der Waals surface area contributed by atoms with Gasteiger partial charge in [0.15, 0.2) is 5.96 Å². The number of rotatable bonds is 11. The molecule has 0 aromatic heterocycles. The van der Waals surface area contributed by atoms with Crippen LogP contribution in [0.3, 0.4) is 0 Å². The van der Waals surface area contributed by atoms with Gasteiger partial charge in [-0.1, -0.05) is 91.0 Å². The highest BCUT2D eigenvalue weighted by atomic mass is 16.2. The van der Waals surface area contributed by atoms with Crippen molar-refractivity contribution in [3.8, 4) is 0 Å². The van der Waals surface area contributed by atoms with E-state index in [1.54, 1.807) is 4.90 Å². The second kappa shape index (κ2) is 12.4. The van der Waals surface area contributed by atoms with E-state index in [2.05, 4.69) is 5.32 Å². The summed E-state index contributed by atoms with van der Waals surface area (Å²) in [5, 5.41) is 10.1. The van der Waals surface area contributed by atoms with Gasteiger partial charge in [0.1, 0.15) is 6.04 Å². The van der Waals surface area contributed by atoms with Gasteiger partial charge in [-0.2, -0.15) is 0 Å². The second-order valence-corrected chi connectivity index (χ2v) is 8.49. The summed E-state index contributed by atoms with van der Waals surface area (Å²) >= 11 is 0. The van der Waals surface area contributed by atoms with E-state index in [0.29, 0.717) is 19.4 Å². The highest BCUT2D eigenvalue weighted by molar-refractivity contribution is 5.92. The Morgan fingerprint density at radius 1 is 0.829 bits per heavy atom. The fourth-order valence-corrected chi connectivity index (χ4v) is 4.36. The first-order valence-electron chi connectivity index (χ1n) is 11.7. The summed E-state index contributed by atoms with van der Waals surface area (Å²) in [6, 6.07) is 27.6.